The van der Waals surface area contributed by atoms with Gasteiger partial charge in [0.05, 0.1) is 12.6 Å². The van der Waals surface area contributed by atoms with E-state index < -0.39 is 42.2 Å². The number of aliphatic carboxylic acids is 1. The lowest BCUT2D eigenvalue weighted by atomic mass is 10.1. The van der Waals surface area contributed by atoms with Crippen molar-refractivity contribution in [3.63, 3.8) is 0 Å². The van der Waals surface area contributed by atoms with Crippen LogP contribution < -0.4 is 5.32 Å². The van der Waals surface area contributed by atoms with Crippen LogP contribution in [0, 0.1) is 0 Å². The fraction of sp³-hybridized carbons (Fsp3) is 0.714. The Balaban J connectivity index is 2.00. The number of amides is 1. The van der Waals surface area contributed by atoms with Gasteiger partial charge in [-0.3, -0.25) is 14.4 Å². The average Bonchev–Trinajstić information content (AvgIpc) is 3.03. The predicted octanol–water partition coefficient (Wildman–Crippen LogP) is -1.10. The molecule has 0 aromatic heterocycles. The minimum absolute atomic E-state index is 0.0474. The molecule has 0 aromatic rings. The Morgan fingerprint density at radius 3 is 2.22 bits per heavy atom. The molecule has 2 aliphatic heterocycles. The molecule has 0 aromatic carbocycles. The summed E-state index contributed by atoms with van der Waals surface area (Å²) in [6.45, 7) is 2.92. The topological polar surface area (TPSA) is 122 Å². The molecule has 0 bridgehead atoms. The first-order valence-corrected chi connectivity index (χ1v) is 7.39. The predicted molar refractivity (Wildman–Crippen MR) is 75.3 cm³/mol. The highest BCUT2D eigenvalue weighted by atomic mass is 16.5. The highest BCUT2D eigenvalue weighted by Crippen LogP contribution is 2.24. The van der Waals surface area contributed by atoms with Gasteiger partial charge in [-0.1, -0.05) is 0 Å². The van der Waals surface area contributed by atoms with Gasteiger partial charge in [-0.15, -0.1) is 0 Å². The lowest BCUT2D eigenvalue weighted by molar-refractivity contribution is -0.149. The molecule has 1 amide bonds. The molecule has 2 rings (SSSR count). The van der Waals surface area contributed by atoms with Gasteiger partial charge in [-0.2, -0.15) is 0 Å². The van der Waals surface area contributed by atoms with Crippen LogP contribution in [0.15, 0.2) is 0 Å². The maximum absolute atomic E-state index is 12.5. The number of nitrogens with zero attached hydrogens (tertiary/aromatic N) is 1. The summed E-state index contributed by atoms with van der Waals surface area (Å²) >= 11 is 0. The summed E-state index contributed by atoms with van der Waals surface area (Å²) in [6, 6.07) is -1.64. The molecule has 128 valence electrons. The van der Waals surface area contributed by atoms with Gasteiger partial charge in [0.1, 0.15) is 18.2 Å². The SMILES string of the molecule is CC(=O)OC1CNC(C(=O)N2CC(OC(C)=O)CC2C(=O)O)C1. The highest BCUT2D eigenvalue weighted by Gasteiger charge is 2.44. The summed E-state index contributed by atoms with van der Waals surface area (Å²) < 4.78 is 10.1. The van der Waals surface area contributed by atoms with E-state index >= 15 is 0 Å². The largest absolute Gasteiger partial charge is 0.480 e. The van der Waals surface area contributed by atoms with E-state index in [4.69, 9.17) is 9.47 Å². The Morgan fingerprint density at radius 1 is 1.04 bits per heavy atom. The summed E-state index contributed by atoms with van der Waals surface area (Å²) in [7, 11) is 0. The van der Waals surface area contributed by atoms with E-state index in [0.29, 0.717) is 13.0 Å². The Bertz CT molecular complexity index is 521. The maximum Gasteiger partial charge on any atom is 0.326 e. The molecule has 2 saturated heterocycles. The van der Waals surface area contributed by atoms with Crippen LogP contribution in [0.1, 0.15) is 26.7 Å². The molecule has 9 heteroatoms. The van der Waals surface area contributed by atoms with E-state index in [1.54, 1.807) is 0 Å². The fourth-order valence-corrected chi connectivity index (χ4v) is 3.01. The van der Waals surface area contributed by atoms with E-state index in [1.807, 2.05) is 0 Å². The molecule has 2 aliphatic rings. The molecule has 23 heavy (non-hydrogen) atoms. The van der Waals surface area contributed by atoms with Crippen molar-refractivity contribution in [2.24, 2.45) is 0 Å². The van der Waals surface area contributed by atoms with Crippen LogP contribution in [0.25, 0.3) is 0 Å². The first kappa shape index (κ1) is 17.2. The minimum Gasteiger partial charge on any atom is -0.480 e. The van der Waals surface area contributed by atoms with Crippen LogP contribution >= 0.6 is 0 Å². The average molecular weight is 328 g/mol. The number of hydrogen-bond donors (Lipinski definition) is 2. The molecule has 2 heterocycles. The van der Waals surface area contributed by atoms with Gasteiger partial charge in [0, 0.05) is 33.2 Å². The number of hydrogen-bond acceptors (Lipinski definition) is 7. The van der Waals surface area contributed by atoms with Crippen LogP contribution in [-0.2, 0) is 28.7 Å². The smallest absolute Gasteiger partial charge is 0.326 e. The normalized spacial score (nSPS) is 30.1. The van der Waals surface area contributed by atoms with E-state index in [9.17, 15) is 24.3 Å². The molecule has 4 unspecified atom stereocenters. The van der Waals surface area contributed by atoms with Crippen molar-refractivity contribution in [2.75, 3.05) is 13.1 Å². The summed E-state index contributed by atoms with van der Waals surface area (Å²) in [6.07, 6.45) is -0.667. The van der Waals surface area contributed by atoms with Gasteiger partial charge < -0.3 is 24.8 Å². The molecular weight excluding hydrogens is 308 g/mol. The number of ether oxygens (including phenoxy) is 2. The van der Waals surface area contributed by atoms with Gasteiger partial charge in [-0.05, 0) is 0 Å². The molecule has 0 saturated carbocycles. The molecule has 9 nitrogen and oxygen atoms in total. The van der Waals surface area contributed by atoms with Crippen molar-refractivity contribution in [3.8, 4) is 0 Å². The van der Waals surface area contributed by atoms with Gasteiger partial charge >= 0.3 is 17.9 Å². The summed E-state index contributed by atoms with van der Waals surface area (Å²) in [5, 5.41) is 12.2. The third-order valence-electron chi connectivity index (χ3n) is 3.88. The van der Waals surface area contributed by atoms with Crippen molar-refractivity contribution >= 4 is 23.8 Å². The van der Waals surface area contributed by atoms with E-state index in [0.717, 1.165) is 0 Å². The lowest BCUT2D eigenvalue weighted by Crippen LogP contribution is -2.48. The maximum atomic E-state index is 12.5. The van der Waals surface area contributed by atoms with Crippen molar-refractivity contribution in [1.82, 2.24) is 10.2 Å². The molecule has 2 N–H and O–H groups in total. The number of carbonyl (C=O) groups is 4. The van der Waals surface area contributed by atoms with E-state index in [2.05, 4.69) is 5.32 Å². The van der Waals surface area contributed by atoms with Gasteiger partial charge in [0.25, 0.3) is 0 Å². The number of rotatable bonds is 4. The van der Waals surface area contributed by atoms with Crippen molar-refractivity contribution in [3.05, 3.63) is 0 Å². The fourth-order valence-electron chi connectivity index (χ4n) is 3.01. The first-order chi connectivity index (χ1) is 10.8. The Labute approximate surface area is 132 Å². The third-order valence-corrected chi connectivity index (χ3v) is 3.88. The molecule has 4 atom stereocenters. The Hall–Kier alpha value is -2.16. The second kappa shape index (κ2) is 6.95. The number of carboxylic acids is 1. The number of carboxylic acid groups (broad SMARTS) is 1. The zero-order valence-corrected chi connectivity index (χ0v) is 13.0. The van der Waals surface area contributed by atoms with Crippen molar-refractivity contribution in [1.29, 1.82) is 0 Å². The van der Waals surface area contributed by atoms with Crippen molar-refractivity contribution < 1.29 is 33.8 Å². The second-order valence-corrected chi connectivity index (χ2v) is 5.74. The zero-order chi connectivity index (χ0) is 17.1. The summed E-state index contributed by atoms with van der Waals surface area (Å²) in [5.41, 5.74) is 0. The quantitative estimate of drug-likeness (QED) is 0.623. The molecule has 0 aliphatic carbocycles. The lowest BCUT2D eigenvalue weighted by Gasteiger charge is -2.24. The summed E-state index contributed by atoms with van der Waals surface area (Å²) in [4.78, 5) is 47.1. The van der Waals surface area contributed by atoms with Crippen LogP contribution in [0.5, 0.6) is 0 Å². The second-order valence-electron chi connectivity index (χ2n) is 5.74. The van der Waals surface area contributed by atoms with Crippen molar-refractivity contribution in [2.45, 2.75) is 51.0 Å². The molecule has 0 radical (unpaired) electrons. The van der Waals surface area contributed by atoms with Gasteiger partial charge in [0.15, 0.2) is 0 Å². The highest BCUT2D eigenvalue weighted by molar-refractivity contribution is 5.88. The Kier molecular flexibility index (Phi) is 5.19. The van der Waals surface area contributed by atoms with Gasteiger partial charge in [0.2, 0.25) is 5.91 Å². The van der Waals surface area contributed by atoms with Gasteiger partial charge in [-0.25, -0.2) is 4.79 Å². The Morgan fingerprint density at radius 2 is 1.65 bits per heavy atom. The monoisotopic (exact) mass is 328 g/mol. The zero-order valence-electron chi connectivity index (χ0n) is 13.0. The van der Waals surface area contributed by atoms with Crippen LogP contribution in [0.4, 0.5) is 0 Å². The third kappa shape index (κ3) is 4.19. The number of esters is 2. The van der Waals surface area contributed by atoms with E-state index in [1.165, 1.54) is 18.7 Å². The van der Waals surface area contributed by atoms with E-state index in [-0.39, 0.29) is 18.9 Å². The first-order valence-electron chi connectivity index (χ1n) is 7.39. The van der Waals surface area contributed by atoms with Crippen LogP contribution in [0.2, 0.25) is 0 Å². The summed E-state index contributed by atoms with van der Waals surface area (Å²) in [5.74, 6) is -2.46. The minimum atomic E-state index is -1.14. The molecule has 2 fully saturated rings. The van der Waals surface area contributed by atoms with Crippen LogP contribution in [-0.4, -0.2) is 71.2 Å². The number of carbonyl (C=O) groups excluding carboxylic acids is 3. The molecular formula is C14H20N2O7. The number of likely N-dealkylation sites (tertiary alicyclic amines) is 1. The number of nitrogens with one attached hydrogen (secondary N) is 1. The standard InChI is InChI=1S/C14H20N2O7/c1-7(17)22-9-3-11(15-5-9)13(19)16-6-10(23-8(2)18)4-12(16)14(20)21/h9-12,15H,3-6H2,1-2H3,(H,20,21). The van der Waals surface area contributed by atoms with Crippen LogP contribution in [0.3, 0.4) is 0 Å². The molecule has 0 spiro atoms.